The molecule has 3 N–H and O–H groups in total. The third kappa shape index (κ3) is 4.45. The molecule has 1 saturated heterocycles. The molecule has 1 aliphatic rings. The van der Waals surface area contributed by atoms with E-state index in [9.17, 15) is 14.4 Å². The van der Waals surface area contributed by atoms with E-state index in [4.69, 9.17) is 5.11 Å². The molecule has 2 heterocycles. The largest absolute Gasteiger partial charge is 0.481 e. The number of fused-ring (bicyclic) bond motifs is 1. The summed E-state index contributed by atoms with van der Waals surface area (Å²) in [6, 6.07) is 7.77. The highest BCUT2D eigenvalue weighted by Gasteiger charge is 2.37. The Kier molecular flexibility index (Phi) is 5.43. The molecule has 2 aromatic rings. The van der Waals surface area contributed by atoms with E-state index >= 15 is 0 Å². The Hall–Kier alpha value is -2.90. The molecule has 0 saturated carbocycles. The van der Waals surface area contributed by atoms with E-state index in [-0.39, 0.29) is 24.7 Å². The summed E-state index contributed by atoms with van der Waals surface area (Å²) in [4.78, 5) is 39.3. The summed E-state index contributed by atoms with van der Waals surface area (Å²) >= 11 is 0. The number of imidazole rings is 1. The number of hydrogen-bond acceptors (Lipinski definition) is 4. The molecule has 0 aliphatic carbocycles. The molecule has 1 fully saturated rings. The summed E-state index contributed by atoms with van der Waals surface area (Å²) < 4.78 is 1.95. The van der Waals surface area contributed by atoms with E-state index in [0.29, 0.717) is 32.2 Å². The number of carbonyl (C=O) groups excluding carboxylic acids is 2. The molecule has 144 valence electrons. The number of nitrogens with one attached hydrogen (secondary N) is 2. The Morgan fingerprint density at radius 2 is 2.04 bits per heavy atom. The van der Waals surface area contributed by atoms with Crippen molar-refractivity contribution in [1.82, 2.24) is 20.2 Å². The van der Waals surface area contributed by atoms with E-state index in [1.165, 1.54) is 0 Å². The van der Waals surface area contributed by atoms with Crippen molar-refractivity contribution in [3.8, 4) is 0 Å². The van der Waals surface area contributed by atoms with Crippen LogP contribution in [0.5, 0.6) is 0 Å². The van der Waals surface area contributed by atoms with Crippen molar-refractivity contribution in [3.05, 3.63) is 30.1 Å². The van der Waals surface area contributed by atoms with Crippen LogP contribution in [-0.4, -0.2) is 38.0 Å². The number of aliphatic carboxylic acids is 1. The van der Waals surface area contributed by atoms with Crippen LogP contribution in [0.15, 0.2) is 24.3 Å². The first-order chi connectivity index (χ1) is 12.9. The SMILES string of the molecule is Cn1c(CNC(=O)CC[C@@]2(CCC(=O)O)CCC(=O)N2)nc2ccccc21. The Balaban J connectivity index is 1.55. The molecule has 1 aromatic heterocycles. The van der Waals surface area contributed by atoms with Gasteiger partial charge in [-0.2, -0.15) is 0 Å². The molecule has 0 spiro atoms. The number of nitrogens with zero attached hydrogens (tertiary/aromatic N) is 2. The average molecular weight is 372 g/mol. The predicted octanol–water partition coefficient (Wildman–Crippen LogP) is 1.48. The Bertz CT molecular complexity index is 876. The number of rotatable bonds is 8. The summed E-state index contributed by atoms with van der Waals surface area (Å²) in [6.07, 6.45) is 1.91. The molecule has 0 bridgehead atoms. The number of carboxylic acid groups (broad SMARTS) is 1. The van der Waals surface area contributed by atoms with Gasteiger partial charge in [0.2, 0.25) is 11.8 Å². The van der Waals surface area contributed by atoms with Gasteiger partial charge >= 0.3 is 5.97 Å². The number of aromatic nitrogens is 2. The lowest BCUT2D eigenvalue weighted by atomic mass is 9.86. The van der Waals surface area contributed by atoms with Crippen molar-refractivity contribution < 1.29 is 19.5 Å². The van der Waals surface area contributed by atoms with Crippen LogP contribution in [0.25, 0.3) is 11.0 Å². The highest BCUT2D eigenvalue weighted by molar-refractivity contribution is 5.80. The molecular weight excluding hydrogens is 348 g/mol. The predicted molar refractivity (Wildman–Crippen MR) is 98.8 cm³/mol. The molecule has 2 amide bonds. The van der Waals surface area contributed by atoms with E-state index < -0.39 is 11.5 Å². The first-order valence-corrected chi connectivity index (χ1v) is 9.08. The number of benzene rings is 1. The zero-order chi connectivity index (χ0) is 19.4. The lowest BCUT2D eigenvalue weighted by Gasteiger charge is -2.28. The fourth-order valence-corrected chi connectivity index (χ4v) is 3.59. The van der Waals surface area contributed by atoms with Crippen LogP contribution in [0.3, 0.4) is 0 Å². The van der Waals surface area contributed by atoms with Gasteiger partial charge in [0.05, 0.1) is 17.6 Å². The van der Waals surface area contributed by atoms with Crippen LogP contribution in [-0.2, 0) is 28.0 Å². The third-order valence-electron chi connectivity index (χ3n) is 5.21. The van der Waals surface area contributed by atoms with Crippen LogP contribution in [0.4, 0.5) is 0 Å². The van der Waals surface area contributed by atoms with Crippen LogP contribution >= 0.6 is 0 Å². The average Bonchev–Trinajstić information content (AvgIpc) is 3.18. The summed E-state index contributed by atoms with van der Waals surface area (Å²) in [7, 11) is 1.91. The number of carboxylic acids is 1. The van der Waals surface area contributed by atoms with E-state index in [2.05, 4.69) is 15.6 Å². The van der Waals surface area contributed by atoms with E-state index in [0.717, 1.165) is 16.9 Å². The van der Waals surface area contributed by atoms with E-state index in [1.54, 1.807) is 0 Å². The highest BCUT2D eigenvalue weighted by atomic mass is 16.4. The molecule has 0 unspecified atom stereocenters. The van der Waals surface area contributed by atoms with Gasteiger partial charge in [-0.15, -0.1) is 0 Å². The summed E-state index contributed by atoms with van der Waals surface area (Å²) in [5.41, 5.74) is 1.29. The van der Waals surface area contributed by atoms with Gasteiger partial charge in [-0.25, -0.2) is 4.98 Å². The molecule has 1 aliphatic heterocycles. The summed E-state index contributed by atoms with van der Waals surface area (Å²) in [5, 5.41) is 14.7. The monoisotopic (exact) mass is 372 g/mol. The van der Waals surface area contributed by atoms with Gasteiger partial charge < -0.3 is 20.3 Å². The Morgan fingerprint density at radius 3 is 2.70 bits per heavy atom. The first-order valence-electron chi connectivity index (χ1n) is 9.08. The molecule has 1 atom stereocenters. The van der Waals surface area contributed by atoms with Crippen LogP contribution in [0, 0.1) is 0 Å². The second kappa shape index (κ2) is 7.77. The second-order valence-electron chi connectivity index (χ2n) is 7.07. The van der Waals surface area contributed by atoms with Gasteiger partial charge in [-0.1, -0.05) is 12.1 Å². The minimum Gasteiger partial charge on any atom is -0.481 e. The third-order valence-corrected chi connectivity index (χ3v) is 5.21. The molecule has 27 heavy (non-hydrogen) atoms. The van der Waals surface area contributed by atoms with Crippen molar-refractivity contribution >= 4 is 28.8 Å². The lowest BCUT2D eigenvalue weighted by Crippen LogP contribution is -2.43. The number of carbonyl (C=O) groups is 3. The fraction of sp³-hybridized carbons (Fsp3) is 0.474. The quantitative estimate of drug-likeness (QED) is 0.650. The van der Waals surface area contributed by atoms with Crippen molar-refractivity contribution in [3.63, 3.8) is 0 Å². The second-order valence-corrected chi connectivity index (χ2v) is 7.07. The van der Waals surface area contributed by atoms with Crippen molar-refractivity contribution in [2.45, 2.75) is 50.6 Å². The number of para-hydroxylation sites is 2. The summed E-state index contributed by atoms with van der Waals surface area (Å²) in [5.74, 6) is -0.362. The molecular formula is C19H24N4O4. The smallest absolute Gasteiger partial charge is 0.303 e. The maximum absolute atomic E-state index is 12.3. The maximum Gasteiger partial charge on any atom is 0.303 e. The Morgan fingerprint density at radius 1 is 1.30 bits per heavy atom. The van der Waals surface area contributed by atoms with Gasteiger partial charge in [-0.05, 0) is 31.4 Å². The minimum atomic E-state index is -0.901. The topological polar surface area (TPSA) is 113 Å². The van der Waals surface area contributed by atoms with Crippen molar-refractivity contribution in [2.75, 3.05) is 0 Å². The van der Waals surface area contributed by atoms with Crippen LogP contribution in [0.2, 0.25) is 0 Å². The summed E-state index contributed by atoms with van der Waals surface area (Å²) in [6.45, 7) is 0.318. The van der Waals surface area contributed by atoms with E-state index in [1.807, 2.05) is 35.9 Å². The van der Waals surface area contributed by atoms with Gasteiger partial charge in [0.25, 0.3) is 0 Å². The van der Waals surface area contributed by atoms with Crippen molar-refractivity contribution in [1.29, 1.82) is 0 Å². The molecule has 1 aromatic carbocycles. The normalized spacial score (nSPS) is 19.2. The molecule has 8 nitrogen and oxygen atoms in total. The van der Waals surface area contributed by atoms with Crippen LogP contribution < -0.4 is 10.6 Å². The zero-order valence-corrected chi connectivity index (χ0v) is 15.3. The number of hydrogen-bond donors (Lipinski definition) is 3. The van der Waals surface area contributed by atoms with Crippen molar-refractivity contribution in [2.24, 2.45) is 7.05 Å². The van der Waals surface area contributed by atoms with Gasteiger partial charge in [0.15, 0.2) is 0 Å². The Labute approximate surface area is 157 Å². The minimum absolute atomic E-state index is 0.0260. The molecule has 0 radical (unpaired) electrons. The zero-order valence-electron chi connectivity index (χ0n) is 15.3. The van der Waals surface area contributed by atoms with Gasteiger partial charge in [0.1, 0.15) is 5.82 Å². The maximum atomic E-state index is 12.3. The first kappa shape index (κ1) is 18.9. The lowest BCUT2D eigenvalue weighted by molar-refractivity contribution is -0.137. The number of amides is 2. The fourth-order valence-electron chi connectivity index (χ4n) is 3.59. The standard InChI is InChI=1S/C19H24N4O4/c1-23-14-5-3-2-4-13(14)21-15(23)12-20-16(24)6-9-19(11-8-18(26)27)10-7-17(25)22-19/h2-5H,6-12H2,1H3,(H,20,24)(H,22,25)(H,26,27)/t19-/m0/s1. The molecule has 3 rings (SSSR count). The number of aryl methyl sites for hydroxylation is 1. The van der Waals surface area contributed by atoms with Crippen LogP contribution in [0.1, 0.15) is 44.3 Å². The van der Waals surface area contributed by atoms with Gasteiger partial charge in [0, 0.05) is 31.8 Å². The highest BCUT2D eigenvalue weighted by Crippen LogP contribution is 2.30. The van der Waals surface area contributed by atoms with Gasteiger partial charge in [-0.3, -0.25) is 14.4 Å². The molecule has 8 heteroatoms.